The fourth-order valence-electron chi connectivity index (χ4n) is 1.15. The van der Waals surface area contributed by atoms with Crippen molar-refractivity contribution in [2.45, 2.75) is 13.0 Å². The maximum atomic E-state index is 11.3. The SMILES string of the molecule is CS(=O)(=O)CCCOC(=O)Cn1ccc(N)n1. The van der Waals surface area contributed by atoms with Gasteiger partial charge in [0.05, 0.1) is 12.4 Å². The van der Waals surface area contributed by atoms with Crippen molar-refractivity contribution >= 4 is 21.6 Å². The van der Waals surface area contributed by atoms with Crippen molar-refractivity contribution in [1.82, 2.24) is 9.78 Å². The lowest BCUT2D eigenvalue weighted by molar-refractivity contribution is -0.144. The molecule has 0 radical (unpaired) electrons. The van der Waals surface area contributed by atoms with E-state index in [1.54, 1.807) is 12.3 Å². The van der Waals surface area contributed by atoms with Gasteiger partial charge in [-0.05, 0) is 12.5 Å². The molecule has 0 unspecified atom stereocenters. The third-order valence-electron chi connectivity index (χ3n) is 1.87. The number of carbonyl (C=O) groups is 1. The lowest BCUT2D eigenvalue weighted by atomic mass is 10.5. The Morgan fingerprint density at radius 1 is 1.59 bits per heavy atom. The normalized spacial score (nSPS) is 11.4. The van der Waals surface area contributed by atoms with E-state index in [0.717, 1.165) is 6.26 Å². The monoisotopic (exact) mass is 261 g/mol. The predicted octanol–water partition coefficient (Wildman–Crippen LogP) is -0.557. The molecule has 0 atom stereocenters. The minimum Gasteiger partial charge on any atom is -0.464 e. The van der Waals surface area contributed by atoms with Gasteiger partial charge in [0.25, 0.3) is 0 Å². The average molecular weight is 261 g/mol. The van der Waals surface area contributed by atoms with Crippen LogP contribution < -0.4 is 5.73 Å². The van der Waals surface area contributed by atoms with Crippen LogP contribution in [0.2, 0.25) is 0 Å². The number of anilines is 1. The van der Waals surface area contributed by atoms with Gasteiger partial charge in [-0.25, -0.2) is 8.42 Å². The van der Waals surface area contributed by atoms with Gasteiger partial charge in [0.1, 0.15) is 22.2 Å². The van der Waals surface area contributed by atoms with Crippen LogP contribution in [0, 0.1) is 0 Å². The van der Waals surface area contributed by atoms with Gasteiger partial charge in [-0.1, -0.05) is 0 Å². The molecule has 0 aliphatic carbocycles. The number of carbonyl (C=O) groups excluding carboxylic acids is 1. The van der Waals surface area contributed by atoms with E-state index in [0.29, 0.717) is 12.2 Å². The Balaban J connectivity index is 2.22. The van der Waals surface area contributed by atoms with Crippen LogP contribution in [0.4, 0.5) is 5.82 Å². The van der Waals surface area contributed by atoms with Crippen molar-refractivity contribution < 1.29 is 17.9 Å². The number of rotatable bonds is 6. The lowest BCUT2D eigenvalue weighted by Gasteiger charge is -2.04. The Morgan fingerprint density at radius 2 is 2.29 bits per heavy atom. The maximum absolute atomic E-state index is 11.3. The van der Waals surface area contributed by atoms with Crippen LogP contribution in [-0.4, -0.2) is 42.8 Å². The second-order valence-electron chi connectivity index (χ2n) is 3.64. The molecule has 17 heavy (non-hydrogen) atoms. The lowest BCUT2D eigenvalue weighted by Crippen LogP contribution is -2.16. The summed E-state index contributed by atoms with van der Waals surface area (Å²) in [7, 11) is -3.00. The summed E-state index contributed by atoms with van der Waals surface area (Å²) in [6.07, 6.45) is 3.00. The smallest absolute Gasteiger partial charge is 0.327 e. The Hall–Kier alpha value is -1.57. The number of aromatic nitrogens is 2. The third kappa shape index (κ3) is 5.91. The molecule has 7 nitrogen and oxygen atoms in total. The average Bonchev–Trinajstić information content (AvgIpc) is 2.57. The van der Waals surface area contributed by atoms with E-state index in [1.807, 2.05) is 0 Å². The standard InChI is InChI=1S/C9H15N3O4S/c1-17(14,15)6-2-5-16-9(13)7-12-4-3-8(10)11-12/h3-4H,2,5-7H2,1H3,(H2,10,11). The molecule has 0 aromatic carbocycles. The van der Waals surface area contributed by atoms with Crippen molar-refractivity contribution in [3.8, 4) is 0 Å². The molecule has 0 saturated heterocycles. The number of sulfone groups is 1. The summed E-state index contributed by atoms with van der Waals surface area (Å²) in [5.41, 5.74) is 5.37. The summed E-state index contributed by atoms with van der Waals surface area (Å²) >= 11 is 0. The van der Waals surface area contributed by atoms with Crippen molar-refractivity contribution in [3.05, 3.63) is 12.3 Å². The van der Waals surface area contributed by atoms with Gasteiger partial charge in [-0.2, -0.15) is 5.10 Å². The molecule has 1 aromatic rings. The first kappa shape index (κ1) is 13.5. The van der Waals surface area contributed by atoms with E-state index in [4.69, 9.17) is 10.5 Å². The number of hydrogen-bond donors (Lipinski definition) is 1. The summed E-state index contributed by atoms with van der Waals surface area (Å²) in [4.78, 5) is 11.3. The largest absolute Gasteiger partial charge is 0.464 e. The first-order chi connectivity index (χ1) is 7.87. The van der Waals surface area contributed by atoms with Gasteiger partial charge < -0.3 is 10.5 Å². The predicted molar refractivity (Wildman–Crippen MR) is 61.9 cm³/mol. The molecule has 1 rings (SSSR count). The zero-order valence-electron chi connectivity index (χ0n) is 9.50. The van der Waals surface area contributed by atoms with Crippen LogP contribution in [0.25, 0.3) is 0 Å². The molecule has 96 valence electrons. The van der Waals surface area contributed by atoms with E-state index in [2.05, 4.69) is 5.10 Å². The highest BCUT2D eigenvalue weighted by Crippen LogP contribution is 1.97. The van der Waals surface area contributed by atoms with Crippen LogP contribution in [0.5, 0.6) is 0 Å². The first-order valence-electron chi connectivity index (χ1n) is 4.99. The molecule has 0 aliphatic rings. The maximum Gasteiger partial charge on any atom is 0.327 e. The Labute approximate surface area is 99.5 Å². The quantitative estimate of drug-likeness (QED) is 0.544. The minimum atomic E-state index is -3.00. The molecular weight excluding hydrogens is 246 g/mol. The van der Waals surface area contributed by atoms with Crippen molar-refractivity contribution in [2.24, 2.45) is 0 Å². The first-order valence-corrected chi connectivity index (χ1v) is 7.05. The van der Waals surface area contributed by atoms with Gasteiger partial charge in [0.15, 0.2) is 0 Å². The summed E-state index contributed by atoms with van der Waals surface area (Å²) in [5.74, 6) is -0.133. The van der Waals surface area contributed by atoms with E-state index in [9.17, 15) is 13.2 Å². The molecule has 0 bridgehead atoms. The van der Waals surface area contributed by atoms with Crippen molar-refractivity contribution in [3.63, 3.8) is 0 Å². The fourth-order valence-corrected chi connectivity index (χ4v) is 1.79. The van der Waals surface area contributed by atoms with Crippen molar-refractivity contribution in [1.29, 1.82) is 0 Å². The molecular formula is C9H15N3O4S. The molecule has 2 N–H and O–H groups in total. The number of ether oxygens (including phenoxy) is 1. The Morgan fingerprint density at radius 3 is 2.82 bits per heavy atom. The number of hydrogen-bond acceptors (Lipinski definition) is 6. The van der Waals surface area contributed by atoms with Gasteiger partial charge in [0.2, 0.25) is 0 Å². The van der Waals surface area contributed by atoms with Crippen molar-refractivity contribution in [2.75, 3.05) is 24.3 Å². The van der Waals surface area contributed by atoms with Crippen LogP contribution >= 0.6 is 0 Å². The second kappa shape index (κ2) is 5.67. The number of nitrogens with zero attached hydrogens (tertiary/aromatic N) is 2. The molecule has 0 spiro atoms. The number of nitrogens with two attached hydrogens (primary N) is 1. The Bertz CT molecular complexity index is 480. The zero-order valence-corrected chi connectivity index (χ0v) is 10.3. The summed E-state index contributed by atoms with van der Waals surface area (Å²) in [5, 5.41) is 3.82. The van der Waals surface area contributed by atoms with E-state index >= 15 is 0 Å². The zero-order chi connectivity index (χ0) is 12.9. The van der Waals surface area contributed by atoms with Crippen LogP contribution in [-0.2, 0) is 25.9 Å². The van der Waals surface area contributed by atoms with Gasteiger partial charge in [-0.15, -0.1) is 0 Å². The Kier molecular flexibility index (Phi) is 4.50. The molecule has 0 saturated carbocycles. The minimum absolute atomic E-state index is 0.00893. The highest BCUT2D eigenvalue weighted by atomic mass is 32.2. The van der Waals surface area contributed by atoms with Crippen LogP contribution in [0.1, 0.15) is 6.42 Å². The molecule has 8 heteroatoms. The van der Waals surface area contributed by atoms with Gasteiger partial charge >= 0.3 is 5.97 Å². The number of esters is 1. The van der Waals surface area contributed by atoms with E-state index in [-0.39, 0.29) is 18.9 Å². The number of nitrogen functional groups attached to an aromatic ring is 1. The van der Waals surface area contributed by atoms with Crippen LogP contribution in [0.15, 0.2) is 12.3 Å². The highest BCUT2D eigenvalue weighted by molar-refractivity contribution is 7.90. The molecule has 1 aromatic heterocycles. The topological polar surface area (TPSA) is 104 Å². The van der Waals surface area contributed by atoms with Gasteiger partial charge in [0, 0.05) is 12.5 Å². The highest BCUT2D eigenvalue weighted by Gasteiger charge is 2.06. The summed E-state index contributed by atoms with van der Waals surface area (Å²) in [6, 6.07) is 1.57. The summed E-state index contributed by atoms with van der Waals surface area (Å²) in [6.45, 7) is 0.0543. The molecule has 0 amide bonds. The molecule has 0 fully saturated rings. The van der Waals surface area contributed by atoms with Crippen LogP contribution in [0.3, 0.4) is 0 Å². The second-order valence-corrected chi connectivity index (χ2v) is 5.90. The fraction of sp³-hybridized carbons (Fsp3) is 0.556. The van der Waals surface area contributed by atoms with E-state index < -0.39 is 15.8 Å². The van der Waals surface area contributed by atoms with Gasteiger partial charge in [-0.3, -0.25) is 9.48 Å². The molecule has 0 aliphatic heterocycles. The summed E-state index contributed by atoms with van der Waals surface area (Å²) < 4.78 is 27.8. The van der Waals surface area contributed by atoms with E-state index in [1.165, 1.54) is 4.68 Å². The molecule has 1 heterocycles. The third-order valence-corrected chi connectivity index (χ3v) is 2.91.